The first-order valence-electron chi connectivity index (χ1n) is 3.09. The molecule has 0 heterocycles. The van der Waals surface area contributed by atoms with Crippen molar-refractivity contribution in [1.29, 1.82) is 0 Å². The Morgan fingerprint density at radius 3 is 1.25 bits per heavy atom. The third kappa shape index (κ3) is 2.89. The first kappa shape index (κ1) is 8.72. The summed E-state index contributed by atoms with van der Waals surface area (Å²) >= 11 is -2.25. The van der Waals surface area contributed by atoms with Gasteiger partial charge in [-0.15, -0.1) is 0 Å². The summed E-state index contributed by atoms with van der Waals surface area (Å²) in [7, 11) is 0. The molecule has 0 unspecified atom stereocenters. The first-order valence-corrected chi connectivity index (χ1v) is 9.17. The molecule has 0 saturated heterocycles. The van der Waals surface area contributed by atoms with Crippen molar-refractivity contribution in [3.8, 4) is 0 Å². The summed E-state index contributed by atoms with van der Waals surface area (Å²) in [6.07, 6.45) is 0. The average Bonchev–Trinajstić information content (AvgIpc) is 1.64. The molecule has 0 aliphatic heterocycles. The maximum atomic E-state index is 11.1. The molecule has 0 radical (unpaired) electrons. The van der Waals surface area contributed by atoms with Crippen LogP contribution in [0.15, 0.2) is 0 Å². The van der Waals surface area contributed by atoms with Gasteiger partial charge < -0.3 is 0 Å². The third-order valence-corrected chi connectivity index (χ3v) is 9.99. The molecule has 0 saturated carbocycles. The molecule has 1 nitrogen and oxygen atoms in total. The maximum absolute atomic E-state index is 11.1. The molecule has 2 heteroatoms. The van der Waals surface area contributed by atoms with E-state index >= 15 is 0 Å². The second-order valence-electron chi connectivity index (χ2n) is 2.71. The molecule has 48 valence electrons. The molecule has 0 aliphatic rings. The van der Waals surface area contributed by atoms with Crippen LogP contribution in [0.5, 0.6) is 0 Å². The van der Waals surface area contributed by atoms with Gasteiger partial charge in [0.2, 0.25) is 0 Å². The number of hydrogen-bond acceptors (Lipinski definition) is 1. The molecule has 0 aromatic rings. The molecule has 0 rings (SSSR count). The fourth-order valence-corrected chi connectivity index (χ4v) is 5.85. The fraction of sp³-hybridized carbons (Fsp3) is 1.00. The van der Waals surface area contributed by atoms with E-state index in [4.69, 9.17) is 0 Å². The van der Waals surface area contributed by atoms with Crippen molar-refractivity contribution in [3.63, 3.8) is 0 Å². The molecule has 0 N–H and O–H groups in total. The van der Waals surface area contributed by atoms with E-state index in [0.717, 1.165) is 0 Å². The van der Waals surface area contributed by atoms with E-state index in [-0.39, 0.29) is 0 Å². The van der Waals surface area contributed by atoms with Crippen LogP contribution in [0.2, 0.25) is 6.95 Å². The Bertz CT molecular complexity index is 76.5. The van der Waals surface area contributed by atoms with E-state index in [1.165, 1.54) is 0 Å². The van der Waals surface area contributed by atoms with Gasteiger partial charge in [0.15, 0.2) is 0 Å². The van der Waals surface area contributed by atoms with Gasteiger partial charge in [-0.2, -0.15) is 0 Å². The summed E-state index contributed by atoms with van der Waals surface area (Å²) in [5.74, 6) is 0. The normalized spacial score (nSPS) is 10.8. The van der Waals surface area contributed by atoms with Gasteiger partial charge in [0.1, 0.15) is 0 Å². The Morgan fingerprint density at radius 2 is 1.25 bits per heavy atom. The van der Waals surface area contributed by atoms with Gasteiger partial charge in [0.05, 0.1) is 0 Å². The van der Waals surface area contributed by atoms with Gasteiger partial charge in [-0.1, -0.05) is 0 Å². The Balaban J connectivity index is 3.65. The molecular weight excluding hydrogens is 295 g/mol. The zero-order chi connectivity index (χ0) is 6.73. The minimum absolute atomic E-state index is 0.500. The SMILES string of the molecule is C[CH](C)[Pb](=[O])[CH](C)C. The van der Waals surface area contributed by atoms with Crippen LogP contribution < -0.4 is 0 Å². The zero-order valence-corrected chi connectivity index (χ0v) is 9.95. The predicted octanol–water partition coefficient (Wildman–Crippen LogP) is 2.23. The molecule has 0 aliphatic carbocycles. The molecule has 0 amide bonds. The average molecular weight is 309 g/mol. The van der Waals surface area contributed by atoms with Crippen LogP contribution in [0.1, 0.15) is 27.7 Å². The third-order valence-electron chi connectivity index (χ3n) is 1.14. The van der Waals surface area contributed by atoms with Crippen molar-refractivity contribution in [2.75, 3.05) is 0 Å². The van der Waals surface area contributed by atoms with Crippen LogP contribution >= 0.6 is 0 Å². The second kappa shape index (κ2) is 3.69. The molecule has 0 spiro atoms. The van der Waals surface area contributed by atoms with Crippen LogP contribution in [-0.2, 0) is 2.69 Å². The van der Waals surface area contributed by atoms with E-state index in [0.29, 0.717) is 6.95 Å². The van der Waals surface area contributed by atoms with Crippen molar-refractivity contribution >= 4 is 22.7 Å². The molecule has 0 aromatic heterocycles. The second-order valence-corrected chi connectivity index (χ2v) is 14.8. The predicted molar refractivity (Wildman–Crippen MR) is 36.6 cm³/mol. The van der Waals surface area contributed by atoms with Crippen molar-refractivity contribution in [3.05, 3.63) is 0 Å². The molecular formula is C6H14OPb. The summed E-state index contributed by atoms with van der Waals surface area (Å²) in [4.78, 5) is 0. The standard InChI is InChI=1S/2C3H7.O.Pb/c2*1-3-2;;/h2*3H,1-2H3;;. The summed E-state index contributed by atoms with van der Waals surface area (Å²) in [5, 5.41) is 0. The molecule has 0 atom stereocenters. The Labute approximate surface area is 60.1 Å². The van der Waals surface area contributed by atoms with Crippen LogP contribution in [0, 0.1) is 0 Å². The Morgan fingerprint density at radius 1 is 1.00 bits per heavy atom. The van der Waals surface area contributed by atoms with Crippen molar-refractivity contribution in [2.24, 2.45) is 0 Å². The topological polar surface area (TPSA) is 17.1 Å². The van der Waals surface area contributed by atoms with E-state index < -0.39 is 22.7 Å². The fourth-order valence-electron chi connectivity index (χ4n) is 0.667. The first-order chi connectivity index (χ1) is 3.55. The molecule has 0 aromatic carbocycles. The van der Waals surface area contributed by atoms with Gasteiger partial charge in [-0.3, -0.25) is 0 Å². The van der Waals surface area contributed by atoms with E-state index in [2.05, 4.69) is 27.7 Å². The van der Waals surface area contributed by atoms with Crippen LogP contribution in [0.25, 0.3) is 0 Å². The summed E-state index contributed by atoms with van der Waals surface area (Å²) in [6, 6.07) is 0. The molecule has 8 heavy (non-hydrogen) atoms. The number of hydrogen-bond donors (Lipinski definition) is 0. The van der Waals surface area contributed by atoms with E-state index in [9.17, 15) is 2.69 Å². The van der Waals surface area contributed by atoms with Gasteiger partial charge >= 0.3 is 60.1 Å². The Hall–Kier alpha value is 0.722. The molecule has 0 fully saturated rings. The molecule has 0 bridgehead atoms. The van der Waals surface area contributed by atoms with E-state index in [1.807, 2.05) is 0 Å². The summed E-state index contributed by atoms with van der Waals surface area (Å²) in [6.45, 7) is 8.26. The van der Waals surface area contributed by atoms with Gasteiger partial charge in [-0.25, -0.2) is 0 Å². The van der Waals surface area contributed by atoms with Crippen LogP contribution in [0.4, 0.5) is 0 Å². The van der Waals surface area contributed by atoms with Gasteiger partial charge in [0.25, 0.3) is 0 Å². The van der Waals surface area contributed by atoms with Crippen molar-refractivity contribution in [1.82, 2.24) is 0 Å². The Kier molecular flexibility index (Phi) is 4.02. The van der Waals surface area contributed by atoms with Crippen LogP contribution in [0.3, 0.4) is 0 Å². The zero-order valence-electron chi connectivity index (χ0n) is 6.06. The summed E-state index contributed by atoms with van der Waals surface area (Å²) < 4.78 is 12.1. The van der Waals surface area contributed by atoms with Gasteiger partial charge in [0, 0.05) is 0 Å². The van der Waals surface area contributed by atoms with Crippen molar-refractivity contribution in [2.45, 2.75) is 34.6 Å². The monoisotopic (exact) mass is 310 g/mol. The number of rotatable bonds is 2. The van der Waals surface area contributed by atoms with Crippen molar-refractivity contribution < 1.29 is 2.69 Å². The van der Waals surface area contributed by atoms with Crippen LogP contribution in [-0.4, -0.2) is 22.7 Å². The quantitative estimate of drug-likeness (QED) is 0.715. The van der Waals surface area contributed by atoms with Gasteiger partial charge in [-0.05, 0) is 0 Å². The summed E-state index contributed by atoms with van der Waals surface area (Å²) in [5.41, 5.74) is 0. The van der Waals surface area contributed by atoms with E-state index in [1.54, 1.807) is 0 Å². The minimum atomic E-state index is -2.25.